The van der Waals surface area contributed by atoms with E-state index in [9.17, 15) is 9.59 Å². The number of carbonyl (C=O) groups excluding carboxylic acids is 1. The fraction of sp³-hybridized carbons (Fsp3) is 0.120. The summed E-state index contributed by atoms with van der Waals surface area (Å²) in [6.45, 7) is 4.76. The number of carbonyl (C=O) groups is 1. The Hall–Kier alpha value is -4.04. The molecule has 0 radical (unpaired) electrons. The summed E-state index contributed by atoms with van der Waals surface area (Å²) in [6, 6.07) is 16.2. The molecule has 0 aliphatic carbocycles. The number of aromatic amines is 1. The van der Waals surface area contributed by atoms with E-state index in [1.165, 1.54) is 4.57 Å². The summed E-state index contributed by atoms with van der Waals surface area (Å²) in [4.78, 5) is 32.3. The zero-order valence-corrected chi connectivity index (χ0v) is 18.6. The van der Waals surface area contributed by atoms with Crippen LogP contribution < -0.4 is 15.6 Å². The van der Waals surface area contributed by atoms with Crippen molar-refractivity contribution in [1.29, 1.82) is 0 Å². The summed E-state index contributed by atoms with van der Waals surface area (Å²) in [5.41, 5.74) is 2.67. The van der Waals surface area contributed by atoms with Crippen molar-refractivity contribution >= 4 is 29.0 Å². The van der Waals surface area contributed by atoms with Gasteiger partial charge in [-0.3, -0.25) is 19.1 Å². The average molecular weight is 459 g/mol. The van der Waals surface area contributed by atoms with Crippen LogP contribution in [-0.2, 0) is 19.7 Å². The van der Waals surface area contributed by atoms with Crippen LogP contribution in [0.4, 0.5) is 0 Å². The van der Waals surface area contributed by atoms with E-state index < -0.39 is 0 Å². The molecule has 2 heterocycles. The zero-order valence-electron chi connectivity index (χ0n) is 17.8. The molecule has 2 aromatic heterocycles. The number of allylic oxidation sites excluding steroid dienone is 1. The van der Waals surface area contributed by atoms with E-state index >= 15 is 0 Å². The molecule has 0 unspecified atom stereocenters. The van der Waals surface area contributed by atoms with Crippen molar-refractivity contribution in [3.8, 4) is 5.75 Å². The predicted octanol–water partition coefficient (Wildman–Crippen LogP) is 4.15. The summed E-state index contributed by atoms with van der Waals surface area (Å²) in [6.07, 6.45) is 5.10. The fourth-order valence-electron chi connectivity index (χ4n) is 3.33. The van der Waals surface area contributed by atoms with Crippen LogP contribution in [0.3, 0.4) is 0 Å². The highest BCUT2D eigenvalue weighted by molar-refractivity contribution is 7.71. The highest BCUT2D eigenvalue weighted by Gasteiger charge is 2.10. The molecule has 1 amide bonds. The van der Waals surface area contributed by atoms with Crippen molar-refractivity contribution in [2.24, 2.45) is 0 Å². The van der Waals surface area contributed by atoms with Crippen LogP contribution in [0.5, 0.6) is 5.75 Å². The van der Waals surface area contributed by atoms with E-state index in [1.807, 2.05) is 36.4 Å². The summed E-state index contributed by atoms with van der Waals surface area (Å²) in [5, 5.41) is 3.36. The molecule has 8 heteroatoms. The molecular weight excluding hydrogens is 436 g/mol. The Morgan fingerprint density at radius 3 is 2.73 bits per heavy atom. The zero-order chi connectivity index (χ0) is 23.2. The lowest BCUT2D eigenvalue weighted by molar-refractivity contribution is 0.0951. The van der Waals surface area contributed by atoms with Gasteiger partial charge < -0.3 is 15.0 Å². The van der Waals surface area contributed by atoms with Gasteiger partial charge in [0.25, 0.3) is 11.5 Å². The van der Waals surface area contributed by atoms with Gasteiger partial charge in [-0.15, -0.1) is 6.58 Å². The predicted molar refractivity (Wildman–Crippen MR) is 130 cm³/mol. The van der Waals surface area contributed by atoms with Gasteiger partial charge in [0.2, 0.25) is 0 Å². The van der Waals surface area contributed by atoms with Crippen LogP contribution in [0.1, 0.15) is 21.5 Å². The molecule has 33 heavy (non-hydrogen) atoms. The van der Waals surface area contributed by atoms with Crippen LogP contribution in [0.15, 0.2) is 84.4 Å². The van der Waals surface area contributed by atoms with Gasteiger partial charge in [0, 0.05) is 36.6 Å². The lowest BCUT2D eigenvalue weighted by Gasteiger charge is -2.09. The lowest BCUT2D eigenvalue weighted by Crippen LogP contribution is -2.24. The summed E-state index contributed by atoms with van der Waals surface area (Å²) in [5.74, 6) is 0.490. The Bertz CT molecular complexity index is 1410. The number of aromatic nitrogens is 3. The van der Waals surface area contributed by atoms with E-state index in [-0.39, 0.29) is 16.2 Å². The van der Waals surface area contributed by atoms with E-state index in [2.05, 4.69) is 21.9 Å². The van der Waals surface area contributed by atoms with Crippen LogP contribution >= 0.6 is 12.2 Å². The first-order valence-corrected chi connectivity index (χ1v) is 10.7. The highest BCUT2D eigenvalue weighted by Crippen LogP contribution is 2.15. The maximum atomic E-state index is 12.6. The third kappa shape index (κ3) is 5.24. The minimum Gasteiger partial charge on any atom is -0.489 e. The van der Waals surface area contributed by atoms with E-state index in [0.717, 1.165) is 16.9 Å². The Kier molecular flexibility index (Phi) is 6.75. The van der Waals surface area contributed by atoms with Gasteiger partial charge in [0.05, 0.1) is 10.9 Å². The third-order valence-electron chi connectivity index (χ3n) is 5.06. The van der Waals surface area contributed by atoms with E-state index in [1.54, 1.807) is 36.7 Å². The molecule has 0 aliphatic rings. The molecule has 4 rings (SSSR count). The molecule has 0 spiro atoms. The van der Waals surface area contributed by atoms with E-state index in [0.29, 0.717) is 36.2 Å². The van der Waals surface area contributed by atoms with Crippen LogP contribution in [0, 0.1) is 4.77 Å². The highest BCUT2D eigenvalue weighted by atomic mass is 32.1. The third-order valence-corrected chi connectivity index (χ3v) is 5.38. The van der Waals surface area contributed by atoms with Gasteiger partial charge >= 0.3 is 0 Å². The quantitative estimate of drug-likeness (QED) is 0.306. The number of nitrogens with zero attached hydrogens (tertiary/aromatic N) is 2. The van der Waals surface area contributed by atoms with Crippen molar-refractivity contribution in [3.05, 3.63) is 111 Å². The minimum absolute atomic E-state index is 0.216. The Morgan fingerprint density at radius 2 is 2.00 bits per heavy atom. The van der Waals surface area contributed by atoms with Crippen molar-refractivity contribution in [2.45, 2.75) is 19.7 Å². The van der Waals surface area contributed by atoms with Crippen molar-refractivity contribution in [3.63, 3.8) is 0 Å². The first kappa shape index (κ1) is 22.2. The number of fused-ring (bicyclic) bond motifs is 1. The Labute approximate surface area is 195 Å². The number of ether oxygens (including phenoxy) is 1. The molecule has 166 valence electrons. The van der Waals surface area contributed by atoms with Gasteiger partial charge in [-0.25, -0.2) is 0 Å². The second kappa shape index (κ2) is 10.1. The molecule has 0 saturated heterocycles. The molecule has 0 saturated carbocycles. The topological polar surface area (TPSA) is 89.0 Å². The van der Waals surface area contributed by atoms with Gasteiger partial charge in [-0.1, -0.05) is 24.3 Å². The molecule has 2 aromatic carbocycles. The maximum Gasteiger partial charge on any atom is 0.262 e. The average Bonchev–Trinajstić information content (AvgIpc) is 2.84. The summed E-state index contributed by atoms with van der Waals surface area (Å²) in [7, 11) is 0. The molecule has 7 nitrogen and oxygen atoms in total. The molecule has 0 fully saturated rings. The van der Waals surface area contributed by atoms with Crippen LogP contribution in [0.2, 0.25) is 0 Å². The number of H-pyrrole nitrogens is 1. The van der Waals surface area contributed by atoms with Crippen LogP contribution in [-0.4, -0.2) is 20.4 Å². The molecule has 0 aliphatic heterocycles. The number of nitrogens with one attached hydrogen (secondary N) is 2. The lowest BCUT2D eigenvalue weighted by atomic mass is 10.1. The SMILES string of the molecule is C=CCn1c(=S)[nH]c2cc(C(=O)NCc3ccc(OCc4cccnc4)cc3)ccc2c1=O. The van der Waals surface area contributed by atoms with Gasteiger partial charge in [0.15, 0.2) is 4.77 Å². The van der Waals surface area contributed by atoms with Gasteiger partial charge in [-0.2, -0.15) is 0 Å². The number of amides is 1. The monoisotopic (exact) mass is 458 g/mol. The largest absolute Gasteiger partial charge is 0.489 e. The standard InChI is InChI=1S/C25H22N4O3S/c1-2-12-29-24(31)21-10-7-19(13-22(21)28-25(29)33)23(30)27-15-17-5-8-20(9-6-17)32-16-18-4-3-11-26-14-18/h2-11,13-14H,1,12,15-16H2,(H,27,30)(H,28,33). The second-order valence-electron chi connectivity index (χ2n) is 7.37. The molecule has 0 bridgehead atoms. The molecule has 2 N–H and O–H groups in total. The first-order chi connectivity index (χ1) is 16.0. The normalized spacial score (nSPS) is 10.7. The fourth-order valence-corrected chi connectivity index (χ4v) is 3.60. The van der Waals surface area contributed by atoms with Crippen molar-refractivity contribution in [1.82, 2.24) is 19.9 Å². The number of hydrogen-bond acceptors (Lipinski definition) is 5. The van der Waals surface area contributed by atoms with E-state index in [4.69, 9.17) is 17.0 Å². The Balaban J connectivity index is 1.40. The molecular formula is C25H22N4O3S. The number of pyridine rings is 1. The van der Waals surface area contributed by atoms with Gasteiger partial charge in [-0.05, 0) is 54.2 Å². The summed E-state index contributed by atoms with van der Waals surface area (Å²) >= 11 is 5.26. The molecule has 4 aromatic rings. The van der Waals surface area contributed by atoms with Gasteiger partial charge in [0.1, 0.15) is 12.4 Å². The summed E-state index contributed by atoms with van der Waals surface area (Å²) < 4.78 is 7.47. The first-order valence-electron chi connectivity index (χ1n) is 10.3. The minimum atomic E-state index is -0.247. The van der Waals surface area contributed by atoms with Crippen molar-refractivity contribution in [2.75, 3.05) is 0 Å². The van der Waals surface area contributed by atoms with Crippen LogP contribution in [0.25, 0.3) is 10.9 Å². The molecule has 0 atom stereocenters. The maximum absolute atomic E-state index is 12.6. The smallest absolute Gasteiger partial charge is 0.262 e. The number of rotatable bonds is 8. The number of hydrogen-bond donors (Lipinski definition) is 2. The number of benzene rings is 2. The van der Waals surface area contributed by atoms with Crippen molar-refractivity contribution < 1.29 is 9.53 Å². The Morgan fingerprint density at radius 1 is 1.18 bits per heavy atom. The second-order valence-corrected chi connectivity index (χ2v) is 7.76.